The third-order valence-electron chi connectivity index (χ3n) is 3.81. The number of hydrogen-bond acceptors (Lipinski definition) is 4. The zero-order chi connectivity index (χ0) is 17.3. The minimum absolute atomic E-state index is 0.212. The quantitative estimate of drug-likeness (QED) is 0.867. The summed E-state index contributed by atoms with van der Waals surface area (Å²) in [5.41, 5.74) is 1.67. The van der Waals surface area contributed by atoms with Crippen molar-refractivity contribution >= 4 is 29.3 Å². The van der Waals surface area contributed by atoms with Crippen LogP contribution in [-0.4, -0.2) is 38.7 Å². The molecule has 2 amide bonds. The summed E-state index contributed by atoms with van der Waals surface area (Å²) in [6.45, 7) is 1.13. The molecule has 0 fully saturated rings. The predicted molar refractivity (Wildman–Crippen MR) is 85.6 cm³/mol. The maximum Gasteiger partial charge on any atom is 0.325 e. The van der Waals surface area contributed by atoms with Crippen LogP contribution in [0.15, 0.2) is 36.5 Å². The molecule has 1 aliphatic heterocycles. The van der Waals surface area contributed by atoms with E-state index in [1.807, 2.05) is 24.3 Å². The van der Waals surface area contributed by atoms with Crippen LogP contribution < -0.4 is 10.2 Å². The van der Waals surface area contributed by atoms with Crippen molar-refractivity contribution in [3.63, 3.8) is 0 Å². The first kappa shape index (κ1) is 15.7. The fraction of sp³-hybridized carbons (Fsp3) is 0.250. The molecule has 24 heavy (non-hydrogen) atoms. The van der Waals surface area contributed by atoms with Crippen LogP contribution in [0.5, 0.6) is 0 Å². The highest BCUT2D eigenvalue weighted by atomic mass is 16.4. The Morgan fingerprint density at radius 1 is 1.29 bits per heavy atom. The van der Waals surface area contributed by atoms with Crippen molar-refractivity contribution in [2.24, 2.45) is 0 Å². The van der Waals surface area contributed by atoms with Crippen molar-refractivity contribution in [2.75, 3.05) is 10.2 Å². The molecule has 1 atom stereocenters. The lowest BCUT2D eigenvalue weighted by molar-refractivity contribution is -0.137. The van der Waals surface area contributed by atoms with E-state index in [0.717, 1.165) is 11.3 Å². The van der Waals surface area contributed by atoms with Gasteiger partial charge in [0.25, 0.3) is 0 Å². The number of carbonyl (C=O) groups is 3. The largest absolute Gasteiger partial charge is 0.480 e. The third-order valence-corrected chi connectivity index (χ3v) is 3.81. The highest BCUT2D eigenvalue weighted by Gasteiger charge is 2.36. The summed E-state index contributed by atoms with van der Waals surface area (Å²) in [5, 5.41) is 15.4. The molecule has 2 aromatic rings. The van der Waals surface area contributed by atoms with Crippen molar-refractivity contribution in [3.8, 4) is 0 Å². The Bertz CT molecular complexity index is 814. The number of anilines is 2. The molecule has 0 aliphatic carbocycles. The second-order valence-corrected chi connectivity index (χ2v) is 5.52. The number of carbonyl (C=O) groups excluding carboxylic acids is 2. The number of nitrogens with one attached hydrogen (secondary N) is 1. The number of hydrogen-bond donors (Lipinski definition) is 2. The van der Waals surface area contributed by atoms with Gasteiger partial charge in [-0.25, -0.2) is 0 Å². The van der Waals surface area contributed by atoms with E-state index in [1.165, 1.54) is 28.8 Å². The fourth-order valence-corrected chi connectivity index (χ4v) is 2.85. The van der Waals surface area contributed by atoms with Gasteiger partial charge in [0.15, 0.2) is 5.82 Å². The van der Waals surface area contributed by atoms with Crippen LogP contribution in [0.1, 0.15) is 12.5 Å². The minimum Gasteiger partial charge on any atom is -0.480 e. The molecule has 0 unspecified atom stereocenters. The van der Waals surface area contributed by atoms with E-state index in [1.54, 1.807) is 0 Å². The first-order valence-electron chi connectivity index (χ1n) is 7.39. The van der Waals surface area contributed by atoms with Crippen LogP contribution in [0.2, 0.25) is 0 Å². The maximum atomic E-state index is 12.6. The SMILES string of the molecule is CC(=O)N1c2ccccc2C[C@H]1C(=O)Nc1ccn(CC(=O)O)n1. The van der Waals surface area contributed by atoms with Gasteiger partial charge < -0.3 is 10.4 Å². The molecule has 0 bridgehead atoms. The van der Waals surface area contributed by atoms with Crippen molar-refractivity contribution in [2.45, 2.75) is 25.9 Å². The Hall–Kier alpha value is -3.16. The zero-order valence-corrected chi connectivity index (χ0v) is 13.0. The van der Waals surface area contributed by atoms with Gasteiger partial charge in [0.1, 0.15) is 12.6 Å². The third kappa shape index (κ3) is 2.98. The number of aliphatic carboxylic acids is 1. The molecule has 0 saturated heterocycles. The maximum absolute atomic E-state index is 12.6. The lowest BCUT2D eigenvalue weighted by Gasteiger charge is -2.23. The van der Waals surface area contributed by atoms with Gasteiger partial charge in [-0.2, -0.15) is 5.10 Å². The van der Waals surface area contributed by atoms with E-state index < -0.39 is 12.0 Å². The van der Waals surface area contributed by atoms with Crippen LogP contribution in [0.25, 0.3) is 0 Å². The number of rotatable bonds is 4. The van der Waals surface area contributed by atoms with E-state index in [9.17, 15) is 14.4 Å². The minimum atomic E-state index is -1.02. The van der Waals surface area contributed by atoms with Crippen molar-refractivity contribution in [1.29, 1.82) is 0 Å². The van der Waals surface area contributed by atoms with Gasteiger partial charge >= 0.3 is 5.97 Å². The van der Waals surface area contributed by atoms with Gasteiger partial charge in [0.2, 0.25) is 11.8 Å². The molecule has 1 aromatic heterocycles. The summed E-state index contributed by atoms with van der Waals surface area (Å²) < 4.78 is 1.21. The van der Waals surface area contributed by atoms with E-state index in [4.69, 9.17) is 5.11 Å². The van der Waals surface area contributed by atoms with Gasteiger partial charge in [0.05, 0.1) is 0 Å². The highest BCUT2D eigenvalue weighted by Crippen LogP contribution is 2.32. The summed E-state index contributed by atoms with van der Waals surface area (Å²) in [7, 11) is 0. The van der Waals surface area contributed by atoms with Gasteiger partial charge in [-0.15, -0.1) is 0 Å². The van der Waals surface area contributed by atoms with E-state index in [2.05, 4.69) is 10.4 Å². The Morgan fingerprint density at radius 2 is 2.04 bits per heavy atom. The average Bonchev–Trinajstić information content (AvgIpc) is 3.10. The molecular formula is C16H16N4O4. The number of para-hydroxylation sites is 1. The summed E-state index contributed by atoms with van der Waals surface area (Å²) in [4.78, 5) is 36.7. The standard InChI is InChI=1S/C16H16N4O4/c1-10(21)20-12-5-3-2-4-11(12)8-13(20)16(24)17-14-6-7-19(18-14)9-15(22)23/h2-7,13H,8-9H2,1H3,(H,22,23)(H,17,18,24)/t13-/m0/s1. The lowest BCUT2D eigenvalue weighted by atomic mass is 10.1. The Balaban J connectivity index is 1.76. The van der Waals surface area contributed by atoms with Crippen LogP contribution >= 0.6 is 0 Å². The Kier molecular flexibility index (Phi) is 4.03. The topological polar surface area (TPSA) is 105 Å². The van der Waals surface area contributed by atoms with Crippen molar-refractivity contribution < 1.29 is 19.5 Å². The summed E-state index contributed by atoms with van der Waals surface area (Å²) in [6.07, 6.45) is 1.90. The predicted octanol–water partition coefficient (Wildman–Crippen LogP) is 0.884. The van der Waals surface area contributed by atoms with Crippen LogP contribution in [0, 0.1) is 0 Å². The second-order valence-electron chi connectivity index (χ2n) is 5.52. The first-order valence-corrected chi connectivity index (χ1v) is 7.39. The number of aromatic nitrogens is 2. The number of carboxylic acid groups (broad SMARTS) is 1. The average molecular weight is 328 g/mol. The molecule has 3 rings (SSSR count). The zero-order valence-electron chi connectivity index (χ0n) is 13.0. The number of nitrogens with zero attached hydrogens (tertiary/aromatic N) is 3. The Labute approximate surface area is 137 Å². The molecule has 8 heteroatoms. The summed E-state index contributed by atoms with van der Waals surface area (Å²) in [5.74, 6) is -1.34. The number of fused-ring (bicyclic) bond motifs is 1. The number of amides is 2. The number of carboxylic acids is 1. The van der Waals surface area contributed by atoms with E-state index in [-0.39, 0.29) is 24.2 Å². The molecule has 8 nitrogen and oxygen atoms in total. The van der Waals surface area contributed by atoms with Crippen molar-refractivity contribution in [1.82, 2.24) is 9.78 Å². The van der Waals surface area contributed by atoms with Crippen molar-refractivity contribution in [3.05, 3.63) is 42.1 Å². The van der Waals surface area contributed by atoms with Gasteiger partial charge in [-0.1, -0.05) is 18.2 Å². The molecule has 1 aliphatic rings. The molecule has 1 aromatic carbocycles. The molecule has 124 valence electrons. The normalized spacial score (nSPS) is 15.9. The molecule has 0 radical (unpaired) electrons. The Morgan fingerprint density at radius 3 is 2.75 bits per heavy atom. The molecule has 0 saturated carbocycles. The summed E-state index contributed by atoms with van der Waals surface area (Å²) >= 11 is 0. The van der Waals surface area contributed by atoms with Gasteiger partial charge in [-0.3, -0.25) is 24.0 Å². The second kappa shape index (κ2) is 6.15. The lowest BCUT2D eigenvalue weighted by Crippen LogP contribution is -2.44. The van der Waals surface area contributed by atoms with Gasteiger partial charge in [-0.05, 0) is 11.6 Å². The molecular weight excluding hydrogens is 312 g/mol. The smallest absolute Gasteiger partial charge is 0.325 e. The van der Waals surface area contributed by atoms with E-state index in [0.29, 0.717) is 6.42 Å². The highest BCUT2D eigenvalue weighted by molar-refractivity contribution is 6.06. The van der Waals surface area contributed by atoms with Gasteiger partial charge in [0, 0.05) is 31.3 Å². The monoisotopic (exact) mass is 328 g/mol. The summed E-state index contributed by atoms with van der Waals surface area (Å²) in [6, 6.07) is 8.25. The first-order chi connectivity index (χ1) is 11.5. The fourth-order valence-electron chi connectivity index (χ4n) is 2.85. The number of benzene rings is 1. The van der Waals surface area contributed by atoms with Crippen LogP contribution in [-0.2, 0) is 27.3 Å². The molecule has 0 spiro atoms. The van der Waals surface area contributed by atoms with Crippen LogP contribution in [0.4, 0.5) is 11.5 Å². The van der Waals surface area contributed by atoms with Crippen LogP contribution in [0.3, 0.4) is 0 Å². The van der Waals surface area contributed by atoms with E-state index >= 15 is 0 Å². The molecule has 2 heterocycles. The molecule has 2 N–H and O–H groups in total.